The first-order valence-electron chi connectivity index (χ1n) is 4.09. The van der Waals surface area contributed by atoms with Crippen molar-refractivity contribution in [1.29, 1.82) is 0 Å². The summed E-state index contributed by atoms with van der Waals surface area (Å²) in [6, 6.07) is 2.05. The fourth-order valence-corrected chi connectivity index (χ4v) is 1.78. The summed E-state index contributed by atoms with van der Waals surface area (Å²) in [6.45, 7) is 2.67. The van der Waals surface area contributed by atoms with Crippen LogP contribution in [0.1, 0.15) is 12.0 Å². The van der Waals surface area contributed by atoms with Crippen LogP contribution in [0.25, 0.3) is 0 Å². The highest BCUT2D eigenvalue weighted by Crippen LogP contribution is 2.21. The zero-order valence-electron chi connectivity index (χ0n) is 7.79. The fraction of sp³-hybridized carbons (Fsp3) is 0.444. The number of hydrogen-bond acceptors (Lipinski definition) is 4. The van der Waals surface area contributed by atoms with Gasteiger partial charge in [0.1, 0.15) is 0 Å². The Balaban J connectivity index is 2.28. The number of rotatable bonds is 4. The van der Waals surface area contributed by atoms with Gasteiger partial charge in [-0.3, -0.25) is 4.79 Å². The summed E-state index contributed by atoms with van der Waals surface area (Å²) < 4.78 is 4.52. The van der Waals surface area contributed by atoms with Gasteiger partial charge in [-0.15, -0.1) is 11.3 Å². The summed E-state index contributed by atoms with van der Waals surface area (Å²) >= 11 is 1.65. The Morgan fingerprint density at radius 3 is 3.00 bits per heavy atom. The minimum Gasteiger partial charge on any atom is -0.469 e. The Kier molecular flexibility index (Phi) is 3.76. The van der Waals surface area contributed by atoms with Gasteiger partial charge in [0, 0.05) is 6.54 Å². The lowest BCUT2D eigenvalue weighted by Gasteiger charge is -2.03. The Bertz CT molecular complexity index is 283. The van der Waals surface area contributed by atoms with Crippen LogP contribution in [0.5, 0.6) is 0 Å². The molecule has 13 heavy (non-hydrogen) atoms. The van der Waals surface area contributed by atoms with E-state index in [1.165, 1.54) is 12.7 Å². The summed E-state index contributed by atoms with van der Waals surface area (Å²) in [7, 11) is 1.40. The normalized spacial score (nSPS) is 9.69. The number of carbonyl (C=O) groups is 1. The van der Waals surface area contributed by atoms with Gasteiger partial charge in [0.25, 0.3) is 0 Å². The van der Waals surface area contributed by atoms with Crippen LogP contribution >= 0.6 is 11.3 Å². The van der Waals surface area contributed by atoms with E-state index in [4.69, 9.17) is 0 Å². The molecular formula is C9H13NO2S. The minimum atomic E-state index is -0.179. The first-order chi connectivity index (χ1) is 6.24. The molecule has 0 radical (unpaired) electrons. The van der Waals surface area contributed by atoms with Crippen LogP contribution in [-0.2, 0) is 9.53 Å². The predicted molar refractivity (Wildman–Crippen MR) is 54.2 cm³/mol. The van der Waals surface area contributed by atoms with E-state index in [-0.39, 0.29) is 5.97 Å². The highest BCUT2D eigenvalue weighted by atomic mass is 32.1. The molecule has 0 spiro atoms. The van der Waals surface area contributed by atoms with E-state index >= 15 is 0 Å². The van der Waals surface area contributed by atoms with Crippen LogP contribution in [0.15, 0.2) is 11.4 Å². The number of carbonyl (C=O) groups excluding carboxylic acids is 1. The van der Waals surface area contributed by atoms with Crippen LogP contribution in [0.2, 0.25) is 0 Å². The second kappa shape index (κ2) is 4.87. The number of nitrogens with one attached hydrogen (secondary N) is 1. The number of hydrogen-bond donors (Lipinski definition) is 1. The molecule has 0 saturated heterocycles. The highest BCUT2D eigenvalue weighted by molar-refractivity contribution is 7.14. The highest BCUT2D eigenvalue weighted by Gasteiger charge is 2.01. The Morgan fingerprint density at radius 1 is 1.69 bits per heavy atom. The van der Waals surface area contributed by atoms with E-state index in [9.17, 15) is 4.79 Å². The number of anilines is 1. The van der Waals surface area contributed by atoms with Gasteiger partial charge >= 0.3 is 5.97 Å². The van der Waals surface area contributed by atoms with E-state index in [2.05, 4.69) is 10.1 Å². The van der Waals surface area contributed by atoms with Crippen molar-refractivity contribution in [1.82, 2.24) is 0 Å². The topological polar surface area (TPSA) is 38.3 Å². The lowest BCUT2D eigenvalue weighted by molar-refractivity contribution is -0.140. The van der Waals surface area contributed by atoms with Crippen molar-refractivity contribution in [2.75, 3.05) is 19.0 Å². The summed E-state index contributed by atoms with van der Waals surface area (Å²) in [5.74, 6) is -0.179. The maximum Gasteiger partial charge on any atom is 0.307 e. The molecule has 1 aromatic rings. The van der Waals surface area contributed by atoms with E-state index < -0.39 is 0 Å². The van der Waals surface area contributed by atoms with Gasteiger partial charge in [0.2, 0.25) is 0 Å². The van der Waals surface area contributed by atoms with E-state index in [1.807, 2.05) is 18.4 Å². The number of thiophene rings is 1. The van der Waals surface area contributed by atoms with Gasteiger partial charge in [0.05, 0.1) is 18.5 Å². The van der Waals surface area contributed by atoms with Crippen LogP contribution in [0, 0.1) is 6.92 Å². The lowest BCUT2D eigenvalue weighted by Crippen LogP contribution is -2.09. The van der Waals surface area contributed by atoms with Crippen LogP contribution in [0.4, 0.5) is 5.00 Å². The molecule has 72 valence electrons. The molecule has 0 aliphatic heterocycles. The zero-order chi connectivity index (χ0) is 9.68. The van der Waals surface area contributed by atoms with Gasteiger partial charge in [-0.2, -0.15) is 0 Å². The molecule has 0 saturated carbocycles. The summed E-state index contributed by atoms with van der Waals surface area (Å²) in [6.07, 6.45) is 0.411. The molecule has 0 amide bonds. The molecule has 0 atom stereocenters. The molecule has 0 aliphatic carbocycles. The molecule has 1 rings (SSSR count). The largest absolute Gasteiger partial charge is 0.469 e. The van der Waals surface area contributed by atoms with Gasteiger partial charge in [-0.1, -0.05) is 0 Å². The average molecular weight is 199 g/mol. The maximum atomic E-state index is 10.8. The number of methoxy groups -OCH3 is 1. The van der Waals surface area contributed by atoms with Crippen molar-refractivity contribution < 1.29 is 9.53 Å². The van der Waals surface area contributed by atoms with Crippen molar-refractivity contribution in [3.63, 3.8) is 0 Å². The van der Waals surface area contributed by atoms with E-state index in [0.717, 1.165) is 5.00 Å². The SMILES string of the molecule is COC(=O)CCNc1sccc1C. The fourth-order valence-electron chi connectivity index (χ4n) is 0.934. The van der Waals surface area contributed by atoms with Crippen LogP contribution in [-0.4, -0.2) is 19.6 Å². The quantitative estimate of drug-likeness (QED) is 0.754. The van der Waals surface area contributed by atoms with Crippen molar-refractivity contribution in [2.24, 2.45) is 0 Å². The first kappa shape index (κ1) is 10.1. The van der Waals surface area contributed by atoms with E-state index in [0.29, 0.717) is 13.0 Å². The van der Waals surface area contributed by atoms with Crippen molar-refractivity contribution in [3.8, 4) is 0 Å². The molecule has 0 fully saturated rings. The summed E-state index contributed by atoms with van der Waals surface area (Å²) in [4.78, 5) is 10.8. The molecule has 0 aromatic carbocycles. The lowest BCUT2D eigenvalue weighted by atomic mass is 10.3. The second-order valence-corrected chi connectivity index (χ2v) is 3.60. The third kappa shape index (κ3) is 3.06. The summed E-state index contributed by atoms with van der Waals surface area (Å²) in [5, 5.41) is 6.33. The molecule has 1 N–H and O–H groups in total. The predicted octanol–water partition coefficient (Wildman–Crippen LogP) is 2.03. The molecular weight excluding hydrogens is 186 g/mol. The second-order valence-electron chi connectivity index (χ2n) is 2.69. The van der Waals surface area contributed by atoms with Gasteiger partial charge in [0.15, 0.2) is 0 Å². The molecule has 3 nitrogen and oxygen atoms in total. The Hall–Kier alpha value is -1.03. The van der Waals surface area contributed by atoms with Gasteiger partial charge in [-0.05, 0) is 23.9 Å². The van der Waals surface area contributed by atoms with Gasteiger partial charge in [-0.25, -0.2) is 0 Å². The third-order valence-corrected chi connectivity index (χ3v) is 2.68. The summed E-state index contributed by atoms with van der Waals surface area (Å²) in [5.41, 5.74) is 1.22. The monoisotopic (exact) mass is 199 g/mol. The Labute approximate surface area is 81.7 Å². The minimum absolute atomic E-state index is 0.179. The molecule has 4 heteroatoms. The van der Waals surface area contributed by atoms with Crippen LogP contribution < -0.4 is 5.32 Å². The number of ether oxygens (including phenoxy) is 1. The number of esters is 1. The standard InChI is InChI=1S/C9H13NO2S/c1-7-4-6-13-9(7)10-5-3-8(11)12-2/h4,6,10H,3,5H2,1-2H3. The third-order valence-electron chi connectivity index (χ3n) is 1.70. The van der Waals surface area contributed by atoms with Crippen LogP contribution in [0.3, 0.4) is 0 Å². The molecule has 0 aliphatic rings. The molecule has 0 unspecified atom stereocenters. The maximum absolute atomic E-state index is 10.8. The smallest absolute Gasteiger partial charge is 0.307 e. The van der Waals surface area contributed by atoms with Gasteiger partial charge < -0.3 is 10.1 Å². The van der Waals surface area contributed by atoms with E-state index in [1.54, 1.807) is 11.3 Å². The average Bonchev–Trinajstić information content (AvgIpc) is 2.52. The number of aryl methyl sites for hydroxylation is 1. The molecule has 1 aromatic heterocycles. The Morgan fingerprint density at radius 2 is 2.46 bits per heavy atom. The zero-order valence-corrected chi connectivity index (χ0v) is 8.61. The molecule has 0 bridgehead atoms. The van der Waals surface area contributed by atoms with Crippen molar-refractivity contribution >= 4 is 22.3 Å². The first-order valence-corrected chi connectivity index (χ1v) is 4.97. The van der Waals surface area contributed by atoms with Crippen molar-refractivity contribution in [2.45, 2.75) is 13.3 Å². The van der Waals surface area contributed by atoms with Crippen molar-refractivity contribution in [3.05, 3.63) is 17.0 Å². The molecule has 1 heterocycles.